The number of amides is 2. The number of ether oxygens (including phenoxy) is 1. The zero-order chi connectivity index (χ0) is 15.5. The number of carbonyl (C=O) groups is 2. The molecule has 1 fully saturated rings. The van der Waals surface area contributed by atoms with Crippen molar-refractivity contribution in [3.63, 3.8) is 0 Å². The zero-order valence-corrected chi connectivity index (χ0v) is 13.4. The molecule has 0 bridgehead atoms. The first-order valence-corrected chi connectivity index (χ1v) is 7.13. The fraction of sp³-hybridized carbons (Fsp3) is 0.857. The van der Waals surface area contributed by atoms with Gasteiger partial charge in [-0.1, -0.05) is 0 Å². The highest BCUT2D eigenvalue weighted by atomic mass is 16.6. The van der Waals surface area contributed by atoms with Gasteiger partial charge in [-0.2, -0.15) is 0 Å². The molecule has 0 aliphatic carbocycles. The largest absolute Gasteiger partial charge is 0.444 e. The molecule has 0 aromatic carbocycles. The number of hydrogen-bond donors (Lipinski definition) is 1. The van der Waals surface area contributed by atoms with Crippen LogP contribution in [-0.2, 0) is 9.53 Å². The van der Waals surface area contributed by atoms with Crippen molar-refractivity contribution in [1.82, 2.24) is 15.1 Å². The Morgan fingerprint density at radius 2 is 1.95 bits per heavy atom. The second kappa shape index (κ2) is 6.43. The first-order chi connectivity index (χ1) is 9.14. The molecule has 1 unspecified atom stereocenters. The molecule has 0 spiro atoms. The van der Waals surface area contributed by atoms with Crippen LogP contribution in [0.4, 0.5) is 4.79 Å². The van der Waals surface area contributed by atoms with E-state index in [9.17, 15) is 9.59 Å². The van der Waals surface area contributed by atoms with E-state index < -0.39 is 5.60 Å². The molecule has 0 aromatic rings. The molecule has 1 aliphatic rings. The summed E-state index contributed by atoms with van der Waals surface area (Å²) in [6, 6.07) is -0.0718. The Balaban J connectivity index is 2.32. The summed E-state index contributed by atoms with van der Waals surface area (Å²) in [4.78, 5) is 27.0. The van der Waals surface area contributed by atoms with Crippen LogP contribution >= 0.6 is 0 Å². The lowest BCUT2D eigenvalue weighted by molar-refractivity contribution is -0.132. The van der Waals surface area contributed by atoms with Crippen LogP contribution in [0, 0.1) is 0 Å². The highest BCUT2D eigenvalue weighted by Crippen LogP contribution is 2.15. The van der Waals surface area contributed by atoms with Crippen molar-refractivity contribution in [2.45, 2.75) is 52.3 Å². The maximum Gasteiger partial charge on any atom is 0.410 e. The molecule has 2 amide bonds. The minimum atomic E-state index is -0.470. The number of carbonyl (C=O) groups excluding carboxylic acids is 2. The van der Waals surface area contributed by atoms with Crippen molar-refractivity contribution in [2.24, 2.45) is 0 Å². The van der Waals surface area contributed by atoms with Gasteiger partial charge < -0.3 is 14.5 Å². The summed E-state index contributed by atoms with van der Waals surface area (Å²) in [5.41, 5.74) is -0.470. The van der Waals surface area contributed by atoms with E-state index in [-0.39, 0.29) is 24.1 Å². The van der Waals surface area contributed by atoms with Gasteiger partial charge in [-0.3, -0.25) is 10.1 Å². The second-order valence-corrected chi connectivity index (χ2v) is 6.32. The minimum absolute atomic E-state index is 0.0724. The van der Waals surface area contributed by atoms with E-state index in [1.54, 1.807) is 16.8 Å². The number of rotatable bonds is 4. The quantitative estimate of drug-likeness (QED) is 0.839. The highest BCUT2D eigenvalue weighted by Gasteiger charge is 2.35. The molecular weight excluding hydrogens is 258 g/mol. The number of likely N-dealkylation sites (tertiary alicyclic amines) is 1. The zero-order valence-electron chi connectivity index (χ0n) is 13.4. The minimum Gasteiger partial charge on any atom is -0.444 e. The third kappa shape index (κ3) is 4.67. The Morgan fingerprint density at radius 1 is 1.40 bits per heavy atom. The van der Waals surface area contributed by atoms with E-state index >= 15 is 0 Å². The van der Waals surface area contributed by atoms with Gasteiger partial charge in [-0.05, 0) is 34.6 Å². The molecule has 0 saturated carbocycles. The third-order valence-corrected chi connectivity index (χ3v) is 3.24. The summed E-state index contributed by atoms with van der Waals surface area (Å²) in [6.45, 7) is 11.2. The molecule has 0 aromatic heterocycles. The molecule has 1 rings (SSSR count). The standard InChI is InChI=1S/C14H27N3O3/c1-7-16(6)12(18)10(2)15-11-8-17(9-11)13(19)20-14(3,4)5/h10-11,15H,7-9H2,1-6H3. The van der Waals surface area contributed by atoms with Crippen LogP contribution in [0.3, 0.4) is 0 Å². The summed E-state index contributed by atoms with van der Waals surface area (Å²) in [5.74, 6) is 0.0724. The van der Waals surface area contributed by atoms with Gasteiger partial charge in [0.2, 0.25) is 5.91 Å². The molecule has 20 heavy (non-hydrogen) atoms. The van der Waals surface area contributed by atoms with E-state index in [0.717, 1.165) is 0 Å². The SMILES string of the molecule is CCN(C)C(=O)C(C)NC1CN(C(=O)OC(C)(C)C)C1. The lowest BCUT2D eigenvalue weighted by atomic mass is 10.1. The van der Waals surface area contributed by atoms with E-state index in [1.807, 2.05) is 34.6 Å². The maximum absolute atomic E-state index is 11.9. The lowest BCUT2D eigenvalue weighted by Gasteiger charge is -2.41. The van der Waals surface area contributed by atoms with Crippen molar-refractivity contribution < 1.29 is 14.3 Å². The van der Waals surface area contributed by atoms with Gasteiger partial charge in [-0.15, -0.1) is 0 Å². The molecule has 1 aliphatic heterocycles. The number of hydrogen-bond acceptors (Lipinski definition) is 4. The monoisotopic (exact) mass is 285 g/mol. The predicted octanol–water partition coefficient (Wildman–Crippen LogP) is 1.06. The normalized spacial score (nSPS) is 17.4. The molecular formula is C14H27N3O3. The summed E-state index contributed by atoms with van der Waals surface area (Å²) < 4.78 is 5.28. The average molecular weight is 285 g/mol. The number of likely N-dealkylation sites (N-methyl/N-ethyl adjacent to an activating group) is 1. The van der Waals surface area contributed by atoms with Crippen molar-refractivity contribution in [1.29, 1.82) is 0 Å². The Morgan fingerprint density at radius 3 is 2.40 bits per heavy atom. The fourth-order valence-corrected chi connectivity index (χ4v) is 1.97. The van der Waals surface area contributed by atoms with Gasteiger partial charge in [0.25, 0.3) is 0 Å². The average Bonchev–Trinajstić information content (AvgIpc) is 2.28. The Labute approximate surface area is 121 Å². The van der Waals surface area contributed by atoms with Crippen LogP contribution < -0.4 is 5.32 Å². The Hall–Kier alpha value is -1.30. The third-order valence-electron chi connectivity index (χ3n) is 3.24. The van der Waals surface area contributed by atoms with Crippen molar-refractivity contribution in [3.05, 3.63) is 0 Å². The summed E-state index contributed by atoms with van der Waals surface area (Å²) in [7, 11) is 1.79. The van der Waals surface area contributed by atoms with Crippen LogP contribution in [0.2, 0.25) is 0 Å². The second-order valence-electron chi connectivity index (χ2n) is 6.32. The summed E-state index contributed by atoms with van der Waals surface area (Å²) in [5, 5.41) is 3.24. The molecule has 1 heterocycles. The molecule has 1 N–H and O–H groups in total. The van der Waals surface area contributed by atoms with Crippen molar-refractivity contribution >= 4 is 12.0 Å². The van der Waals surface area contributed by atoms with E-state index in [2.05, 4.69) is 5.32 Å². The number of nitrogens with one attached hydrogen (secondary N) is 1. The fourth-order valence-electron chi connectivity index (χ4n) is 1.97. The number of nitrogens with zero attached hydrogens (tertiary/aromatic N) is 2. The summed E-state index contributed by atoms with van der Waals surface area (Å²) >= 11 is 0. The Kier molecular flexibility index (Phi) is 5.39. The van der Waals surface area contributed by atoms with Crippen LogP contribution in [-0.4, -0.2) is 66.2 Å². The lowest BCUT2D eigenvalue weighted by Crippen LogP contribution is -2.63. The van der Waals surface area contributed by atoms with Crippen LogP contribution in [0.1, 0.15) is 34.6 Å². The predicted molar refractivity (Wildman–Crippen MR) is 77.5 cm³/mol. The van der Waals surface area contributed by atoms with Crippen molar-refractivity contribution in [2.75, 3.05) is 26.7 Å². The smallest absolute Gasteiger partial charge is 0.410 e. The maximum atomic E-state index is 11.9. The van der Waals surface area contributed by atoms with Gasteiger partial charge in [-0.25, -0.2) is 4.79 Å². The molecule has 116 valence electrons. The van der Waals surface area contributed by atoms with Gasteiger partial charge in [0.05, 0.1) is 6.04 Å². The summed E-state index contributed by atoms with van der Waals surface area (Å²) in [6.07, 6.45) is -0.291. The first kappa shape index (κ1) is 16.8. The molecule has 0 radical (unpaired) electrons. The van der Waals surface area contributed by atoms with Gasteiger partial charge in [0.1, 0.15) is 5.60 Å². The van der Waals surface area contributed by atoms with Gasteiger partial charge in [0, 0.05) is 32.7 Å². The van der Waals surface area contributed by atoms with E-state index in [0.29, 0.717) is 19.6 Å². The van der Waals surface area contributed by atoms with Crippen LogP contribution in [0.5, 0.6) is 0 Å². The van der Waals surface area contributed by atoms with Gasteiger partial charge >= 0.3 is 6.09 Å². The molecule has 1 saturated heterocycles. The highest BCUT2D eigenvalue weighted by molar-refractivity contribution is 5.81. The van der Waals surface area contributed by atoms with Gasteiger partial charge in [0.15, 0.2) is 0 Å². The van der Waals surface area contributed by atoms with Crippen molar-refractivity contribution in [3.8, 4) is 0 Å². The molecule has 6 nitrogen and oxygen atoms in total. The topological polar surface area (TPSA) is 61.9 Å². The molecule has 1 atom stereocenters. The first-order valence-electron chi connectivity index (χ1n) is 7.13. The molecule has 6 heteroatoms. The Bertz CT molecular complexity index is 359. The van der Waals surface area contributed by atoms with E-state index in [1.165, 1.54) is 0 Å². The van der Waals surface area contributed by atoms with Crippen LogP contribution in [0.15, 0.2) is 0 Å². The van der Waals surface area contributed by atoms with E-state index in [4.69, 9.17) is 4.74 Å². The van der Waals surface area contributed by atoms with Crippen LogP contribution in [0.25, 0.3) is 0 Å².